The Morgan fingerprint density at radius 1 is 0.786 bits per heavy atom. The molecule has 0 aromatic rings. The van der Waals surface area contributed by atoms with E-state index in [0.29, 0.717) is 26.4 Å². The maximum Gasteiger partial charge on any atom is 0.0701 e. The lowest BCUT2D eigenvalue weighted by molar-refractivity contribution is 0.0240. The van der Waals surface area contributed by atoms with E-state index < -0.39 is 0 Å². The number of methoxy groups -OCH3 is 1. The highest BCUT2D eigenvalue weighted by atomic mass is 16.5. The topological polar surface area (TPSA) is 53.7 Å². The van der Waals surface area contributed by atoms with Crippen molar-refractivity contribution in [3.05, 3.63) is 0 Å². The number of unbranched alkanes of at least 4 members (excludes halogenated alkanes) is 2. The van der Waals surface area contributed by atoms with Crippen LogP contribution < -0.4 is 5.73 Å². The van der Waals surface area contributed by atoms with Gasteiger partial charge in [0.05, 0.1) is 26.4 Å². The molecule has 0 unspecified atom stereocenters. The van der Waals surface area contributed by atoms with Crippen LogP contribution in [0.3, 0.4) is 0 Å². The fourth-order valence-electron chi connectivity index (χ4n) is 0.989. The first-order chi connectivity index (χ1) is 6.91. The van der Waals surface area contributed by atoms with E-state index in [1.165, 1.54) is 0 Å². The molecule has 0 radical (unpaired) electrons. The Morgan fingerprint density at radius 3 is 2.07 bits per heavy atom. The SMILES string of the molecule is COCCOCCOCCCCCN. The van der Waals surface area contributed by atoms with E-state index in [0.717, 1.165) is 32.4 Å². The third-order valence-corrected chi connectivity index (χ3v) is 1.80. The van der Waals surface area contributed by atoms with Crippen molar-refractivity contribution in [2.24, 2.45) is 5.73 Å². The van der Waals surface area contributed by atoms with Crippen LogP contribution in [0.4, 0.5) is 0 Å². The van der Waals surface area contributed by atoms with Gasteiger partial charge >= 0.3 is 0 Å². The lowest BCUT2D eigenvalue weighted by Crippen LogP contribution is -2.09. The summed E-state index contributed by atoms with van der Waals surface area (Å²) in [7, 11) is 1.66. The van der Waals surface area contributed by atoms with E-state index in [-0.39, 0.29) is 0 Å². The van der Waals surface area contributed by atoms with Gasteiger partial charge in [-0.3, -0.25) is 0 Å². The average molecular weight is 205 g/mol. The van der Waals surface area contributed by atoms with Gasteiger partial charge in [0.25, 0.3) is 0 Å². The fourth-order valence-corrected chi connectivity index (χ4v) is 0.989. The summed E-state index contributed by atoms with van der Waals surface area (Å²) in [5, 5.41) is 0. The van der Waals surface area contributed by atoms with Crippen LogP contribution in [0.15, 0.2) is 0 Å². The molecular weight excluding hydrogens is 182 g/mol. The van der Waals surface area contributed by atoms with Gasteiger partial charge in [0.1, 0.15) is 0 Å². The molecule has 0 saturated carbocycles. The molecular formula is C10H23NO3. The predicted octanol–water partition coefficient (Wildman–Crippen LogP) is 0.795. The lowest BCUT2D eigenvalue weighted by atomic mass is 10.2. The normalized spacial score (nSPS) is 10.7. The molecule has 0 amide bonds. The van der Waals surface area contributed by atoms with Crippen molar-refractivity contribution in [1.29, 1.82) is 0 Å². The molecule has 0 rings (SSSR count). The van der Waals surface area contributed by atoms with Crippen molar-refractivity contribution in [3.8, 4) is 0 Å². The Hall–Kier alpha value is -0.160. The monoisotopic (exact) mass is 205 g/mol. The summed E-state index contributed by atoms with van der Waals surface area (Å²) in [5.74, 6) is 0. The van der Waals surface area contributed by atoms with Crippen LogP contribution in [-0.2, 0) is 14.2 Å². The van der Waals surface area contributed by atoms with Gasteiger partial charge in [-0.25, -0.2) is 0 Å². The number of rotatable bonds is 11. The van der Waals surface area contributed by atoms with Crippen LogP contribution in [0.5, 0.6) is 0 Å². The van der Waals surface area contributed by atoms with E-state index in [4.69, 9.17) is 19.9 Å². The summed E-state index contributed by atoms with van der Waals surface area (Å²) in [6.07, 6.45) is 3.34. The van der Waals surface area contributed by atoms with Crippen molar-refractivity contribution in [3.63, 3.8) is 0 Å². The molecule has 4 heteroatoms. The van der Waals surface area contributed by atoms with Crippen molar-refractivity contribution >= 4 is 0 Å². The zero-order valence-electron chi connectivity index (χ0n) is 9.17. The quantitative estimate of drug-likeness (QED) is 0.507. The summed E-state index contributed by atoms with van der Waals surface area (Å²) in [5.41, 5.74) is 5.36. The van der Waals surface area contributed by atoms with Crippen molar-refractivity contribution in [2.45, 2.75) is 19.3 Å². The van der Waals surface area contributed by atoms with Gasteiger partial charge in [0, 0.05) is 13.7 Å². The summed E-state index contributed by atoms with van der Waals surface area (Å²) < 4.78 is 15.4. The molecule has 0 atom stereocenters. The van der Waals surface area contributed by atoms with Crippen molar-refractivity contribution in [2.75, 3.05) is 46.7 Å². The molecule has 0 saturated heterocycles. The second-order valence-electron chi connectivity index (χ2n) is 3.07. The highest BCUT2D eigenvalue weighted by Gasteiger charge is 1.90. The third-order valence-electron chi connectivity index (χ3n) is 1.80. The molecule has 4 nitrogen and oxygen atoms in total. The smallest absolute Gasteiger partial charge is 0.0701 e. The highest BCUT2D eigenvalue weighted by Crippen LogP contribution is 1.93. The molecule has 0 aliphatic heterocycles. The zero-order valence-corrected chi connectivity index (χ0v) is 9.17. The molecule has 86 valence electrons. The molecule has 14 heavy (non-hydrogen) atoms. The standard InChI is InChI=1S/C10H23NO3/c1-12-7-8-14-10-9-13-6-4-2-3-5-11/h2-11H2,1H3. The van der Waals surface area contributed by atoms with Gasteiger partial charge in [-0.15, -0.1) is 0 Å². The Bertz CT molecular complexity index is 89.4. The zero-order chi connectivity index (χ0) is 10.5. The second kappa shape index (κ2) is 12.8. The Labute approximate surface area is 86.7 Å². The molecule has 0 aliphatic rings. The molecule has 0 aliphatic carbocycles. The van der Waals surface area contributed by atoms with Crippen LogP contribution in [0.2, 0.25) is 0 Å². The van der Waals surface area contributed by atoms with Crippen LogP contribution in [0.25, 0.3) is 0 Å². The van der Waals surface area contributed by atoms with Gasteiger partial charge in [-0.1, -0.05) is 0 Å². The minimum Gasteiger partial charge on any atom is -0.382 e. The highest BCUT2D eigenvalue weighted by molar-refractivity contribution is 4.41. The number of ether oxygens (including phenoxy) is 3. The Morgan fingerprint density at radius 2 is 1.43 bits per heavy atom. The molecule has 2 N–H and O–H groups in total. The number of hydrogen-bond donors (Lipinski definition) is 1. The number of nitrogens with two attached hydrogens (primary N) is 1. The van der Waals surface area contributed by atoms with Gasteiger partial charge in [-0.2, -0.15) is 0 Å². The van der Waals surface area contributed by atoms with Crippen LogP contribution >= 0.6 is 0 Å². The maximum atomic E-state index is 5.36. The molecule has 0 bridgehead atoms. The first kappa shape index (κ1) is 13.8. The molecule has 0 heterocycles. The summed E-state index contributed by atoms with van der Waals surface area (Å²) >= 11 is 0. The van der Waals surface area contributed by atoms with E-state index in [1.54, 1.807) is 7.11 Å². The van der Waals surface area contributed by atoms with E-state index in [1.807, 2.05) is 0 Å². The van der Waals surface area contributed by atoms with Crippen molar-refractivity contribution in [1.82, 2.24) is 0 Å². The van der Waals surface area contributed by atoms with Gasteiger partial charge in [0.15, 0.2) is 0 Å². The first-order valence-corrected chi connectivity index (χ1v) is 5.26. The molecule has 0 aromatic heterocycles. The van der Waals surface area contributed by atoms with Gasteiger partial charge in [-0.05, 0) is 25.8 Å². The molecule has 0 fully saturated rings. The third kappa shape index (κ3) is 11.8. The van der Waals surface area contributed by atoms with Crippen LogP contribution in [0, 0.1) is 0 Å². The van der Waals surface area contributed by atoms with Gasteiger partial charge < -0.3 is 19.9 Å². The van der Waals surface area contributed by atoms with Crippen LogP contribution in [-0.4, -0.2) is 46.7 Å². The second-order valence-corrected chi connectivity index (χ2v) is 3.07. The Balaban J connectivity index is 2.78. The average Bonchev–Trinajstić information content (AvgIpc) is 2.21. The Kier molecular flexibility index (Phi) is 12.7. The minimum absolute atomic E-state index is 0.646. The minimum atomic E-state index is 0.646. The largest absolute Gasteiger partial charge is 0.382 e. The molecule has 0 spiro atoms. The van der Waals surface area contributed by atoms with Crippen molar-refractivity contribution < 1.29 is 14.2 Å². The lowest BCUT2D eigenvalue weighted by Gasteiger charge is -2.05. The summed E-state index contributed by atoms with van der Waals surface area (Å²) in [4.78, 5) is 0. The summed E-state index contributed by atoms with van der Waals surface area (Å²) in [6, 6.07) is 0. The van der Waals surface area contributed by atoms with Gasteiger partial charge in [0.2, 0.25) is 0 Å². The van der Waals surface area contributed by atoms with Crippen LogP contribution in [0.1, 0.15) is 19.3 Å². The van der Waals surface area contributed by atoms with E-state index >= 15 is 0 Å². The fraction of sp³-hybridized carbons (Fsp3) is 1.00. The van der Waals surface area contributed by atoms with E-state index in [9.17, 15) is 0 Å². The number of hydrogen-bond acceptors (Lipinski definition) is 4. The van der Waals surface area contributed by atoms with E-state index in [2.05, 4.69) is 0 Å². The first-order valence-electron chi connectivity index (χ1n) is 5.26. The summed E-state index contributed by atoms with van der Waals surface area (Å²) in [6.45, 7) is 4.21. The molecule has 0 aromatic carbocycles. The predicted molar refractivity (Wildman–Crippen MR) is 56.4 cm³/mol. The maximum absolute atomic E-state index is 5.36.